The highest BCUT2D eigenvalue weighted by Crippen LogP contribution is 2.40. The minimum atomic E-state index is -0.723. The number of ether oxygens (including phenoxy) is 1. The van der Waals surface area contributed by atoms with E-state index in [1.54, 1.807) is 6.82 Å². The molecule has 11 heteroatoms. The molecule has 0 aliphatic carbocycles. The van der Waals surface area contributed by atoms with Gasteiger partial charge in [-0.3, -0.25) is 14.7 Å². The Morgan fingerprint density at radius 3 is 2.88 bits per heavy atom. The lowest BCUT2D eigenvalue weighted by molar-refractivity contribution is -0.139. The molecule has 5 heterocycles. The molecule has 2 aromatic heterocycles. The van der Waals surface area contributed by atoms with E-state index in [4.69, 9.17) is 21.3 Å². The smallest absolute Gasteiger partial charge is 0.377 e. The van der Waals surface area contributed by atoms with E-state index in [2.05, 4.69) is 20.6 Å². The number of likely N-dealkylation sites (tertiary alicyclic amines) is 1. The highest BCUT2D eigenvalue weighted by molar-refractivity contribution is 6.45. The summed E-state index contributed by atoms with van der Waals surface area (Å²) >= 11 is 6.34. The highest BCUT2D eigenvalue weighted by atomic mass is 35.5. The van der Waals surface area contributed by atoms with E-state index >= 15 is 0 Å². The second kappa shape index (κ2) is 11.5. The van der Waals surface area contributed by atoms with E-state index < -0.39 is 13.1 Å². The fraction of sp³-hybridized carbons (Fsp3) is 0.483. The van der Waals surface area contributed by atoms with Gasteiger partial charge in [0.15, 0.2) is 0 Å². The Morgan fingerprint density at radius 2 is 2.08 bits per heavy atom. The number of hydrogen-bond donors (Lipinski definition) is 1. The summed E-state index contributed by atoms with van der Waals surface area (Å²) in [5.41, 5.74) is 3.96. The topological polar surface area (TPSA) is 87.0 Å². The molecule has 3 atom stereocenters. The number of hydrogen-bond acceptors (Lipinski definition) is 7. The predicted molar refractivity (Wildman–Crippen MR) is 154 cm³/mol. The lowest BCUT2D eigenvalue weighted by atomic mass is 9.81. The van der Waals surface area contributed by atoms with Crippen molar-refractivity contribution in [1.29, 1.82) is 0 Å². The zero-order valence-corrected chi connectivity index (χ0v) is 23.9. The van der Waals surface area contributed by atoms with Crippen LogP contribution in [0.3, 0.4) is 0 Å². The largest absolute Gasteiger partial charge is 0.488 e. The van der Waals surface area contributed by atoms with Crippen LogP contribution >= 0.6 is 11.6 Å². The highest BCUT2D eigenvalue weighted by Gasteiger charge is 2.42. The Morgan fingerprint density at radius 1 is 1.20 bits per heavy atom. The van der Waals surface area contributed by atoms with Gasteiger partial charge in [0.05, 0.1) is 29.8 Å². The van der Waals surface area contributed by atoms with Crippen LogP contribution in [0.5, 0.6) is 5.75 Å². The quantitative estimate of drug-likeness (QED) is 0.478. The van der Waals surface area contributed by atoms with E-state index in [0.29, 0.717) is 43.7 Å². The molecule has 210 valence electrons. The van der Waals surface area contributed by atoms with Gasteiger partial charge in [0.1, 0.15) is 12.4 Å². The zero-order valence-electron chi connectivity index (χ0n) is 23.1. The van der Waals surface area contributed by atoms with Gasteiger partial charge < -0.3 is 24.0 Å². The number of pyridine rings is 1. The fourth-order valence-electron chi connectivity index (χ4n) is 6.57. The number of carbonyl (C=O) groups is 1. The maximum Gasteiger partial charge on any atom is 0.377 e. The van der Waals surface area contributed by atoms with Gasteiger partial charge in [0.2, 0.25) is 5.91 Å². The standard InChI is InChI=1S/C29H36BClN6O3/c1-20-14-34(19-33-20)15-21-5-4-10-36(16-21)29(38)25-17-35(11-12-37(25)30(2)39)28-24-8-7-23(31)13-26(24)40-18-22-6-3-9-32-27(22)28/h3,6-9,13-14,19,21,25,28,39H,4-5,10-12,15-18H2,1-2H3/t21-,25?,28-/m0/s1. The molecule has 1 unspecified atom stereocenters. The summed E-state index contributed by atoms with van der Waals surface area (Å²) in [4.78, 5) is 29.6. The minimum Gasteiger partial charge on any atom is -0.488 e. The third kappa shape index (κ3) is 5.50. The second-order valence-electron chi connectivity index (χ2n) is 11.3. The van der Waals surface area contributed by atoms with Crippen molar-refractivity contribution >= 4 is 24.6 Å². The molecule has 6 rings (SSSR count). The molecule has 3 aromatic rings. The Bertz CT molecular complexity index is 1370. The lowest BCUT2D eigenvalue weighted by Gasteiger charge is -2.46. The van der Waals surface area contributed by atoms with E-state index in [0.717, 1.165) is 54.2 Å². The molecule has 40 heavy (non-hydrogen) atoms. The monoisotopic (exact) mass is 562 g/mol. The first-order valence-corrected chi connectivity index (χ1v) is 14.6. The first-order chi connectivity index (χ1) is 19.4. The number of rotatable bonds is 5. The number of aryl methyl sites for hydroxylation is 1. The molecule has 1 aromatic carbocycles. The number of aromatic nitrogens is 3. The number of halogens is 1. The van der Waals surface area contributed by atoms with Gasteiger partial charge in [0, 0.05) is 67.8 Å². The predicted octanol–water partition coefficient (Wildman–Crippen LogP) is 3.26. The van der Waals surface area contributed by atoms with Crippen LogP contribution in [-0.2, 0) is 17.9 Å². The first kappa shape index (κ1) is 27.3. The van der Waals surface area contributed by atoms with E-state index in [1.807, 2.05) is 59.5 Å². The lowest BCUT2D eigenvalue weighted by Crippen LogP contribution is -2.64. The summed E-state index contributed by atoms with van der Waals surface area (Å²) in [5.74, 6) is 1.20. The van der Waals surface area contributed by atoms with Crippen molar-refractivity contribution in [3.05, 3.63) is 76.6 Å². The molecule has 2 saturated heterocycles. The summed E-state index contributed by atoms with van der Waals surface area (Å²) < 4.78 is 8.31. The molecule has 0 spiro atoms. The number of nitrogens with zero attached hydrogens (tertiary/aromatic N) is 6. The number of imidazole rings is 1. The van der Waals surface area contributed by atoms with Gasteiger partial charge in [0.25, 0.3) is 0 Å². The van der Waals surface area contributed by atoms with Crippen molar-refractivity contribution in [2.75, 3.05) is 32.7 Å². The maximum absolute atomic E-state index is 14.2. The Labute approximate surface area is 240 Å². The summed E-state index contributed by atoms with van der Waals surface area (Å²) in [6.45, 7) is 8.20. The number of benzene rings is 1. The number of carbonyl (C=O) groups excluding carboxylic acids is 1. The molecule has 2 fully saturated rings. The van der Waals surface area contributed by atoms with Gasteiger partial charge in [-0.05, 0) is 50.7 Å². The average molecular weight is 563 g/mol. The van der Waals surface area contributed by atoms with Gasteiger partial charge >= 0.3 is 7.05 Å². The van der Waals surface area contributed by atoms with Crippen molar-refractivity contribution in [1.82, 2.24) is 29.1 Å². The van der Waals surface area contributed by atoms with E-state index in [9.17, 15) is 9.82 Å². The third-order valence-corrected chi connectivity index (χ3v) is 8.72. The molecular formula is C29H36BClN6O3. The van der Waals surface area contributed by atoms with Crippen molar-refractivity contribution in [3.63, 3.8) is 0 Å². The number of amides is 1. The summed E-state index contributed by atoms with van der Waals surface area (Å²) in [6, 6.07) is 9.09. The van der Waals surface area contributed by atoms with Crippen LogP contribution in [-0.4, -0.2) is 85.9 Å². The SMILES string of the molecule is CB(O)N1CCN([C@H]2c3ccc(Cl)cc3OCc3cccnc32)CC1C(=O)N1CCC[C@@H](Cn2cnc(C)c2)C1. The number of fused-ring (bicyclic) bond motifs is 2. The molecule has 3 aliphatic heterocycles. The average Bonchev–Trinajstić information content (AvgIpc) is 3.29. The summed E-state index contributed by atoms with van der Waals surface area (Å²) in [7, 11) is -0.723. The van der Waals surface area contributed by atoms with E-state index in [1.165, 1.54) is 0 Å². The Balaban J connectivity index is 1.27. The number of piperazine rings is 1. The van der Waals surface area contributed by atoms with Crippen LogP contribution in [0.15, 0.2) is 49.1 Å². The summed E-state index contributed by atoms with van der Waals surface area (Å²) in [5, 5.41) is 11.3. The van der Waals surface area contributed by atoms with Crippen molar-refractivity contribution in [2.45, 2.75) is 51.8 Å². The van der Waals surface area contributed by atoms with Gasteiger partial charge in [-0.25, -0.2) is 4.98 Å². The van der Waals surface area contributed by atoms with Gasteiger partial charge in [-0.1, -0.05) is 23.7 Å². The fourth-order valence-corrected chi connectivity index (χ4v) is 6.73. The van der Waals surface area contributed by atoms with Crippen LogP contribution in [0.2, 0.25) is 11.8 Å². The normalized spacial score (nSPS) is 23.6. The Kier molecular flexibility index (Phi) is 7.85. The van der Waals surface area contributed by atoms with Crippen LogP contribution in [0, 0.1) is 12.8 Å². The van der Waals surface area contributed by atoms with Crippen molar-refractivity contribution in [2.24, 2.45) is 5.92 Å². The molecule has 0 radical (unpaired) electrons. The first-order valence-electron chi connectivity index (χ1n) is 14.2. The van der Waals surface area contributed by atoms with Crippen LogP contribution < -0.4 is 4.74 Å². The molecule has 3 aliphatic rings. The van der Waals surface area contributed by atoms with Crippen LogP contribution in [0.1, 0.15) is 41.4 Å². The molecular weight excluding hydrogens is 527 g/mol. The van der Waals surface area contributed by atoms with Crippen LogP contribution in [0.25, 0.3) is 0 Å². The number of piperidine rings is 1. The zero-order chi connectivity index (χ0) is 27.8. The second-order valence-corrected chi connectivity index (χ2v) is 11.7. The molecule has 0 bridgehead atoms. The van der Waals surface area contributed by atoms with Gasteiger partial charge in [-0.2, -0.15) is 0 Å². The van der Waals surface area contributed by atoms with Crippen LogP contribution in [0.4, 0.5) is 0 Å². The van der Waals surface area contributed by atoms with Crippen molar-refractivity contribution in [3.8, 4) is 5.75 Å². The molecule has 1 amide bonds. The van der Waals surface area contributed by atoms with E-state index in [-0.39, 0.29) is 11.9 Å². The van der Waals surface area contributed by atoms with Gasteiger partial charge in [-0.15, -0.1) is 0 Å². The maximum atomic E-state index is 14.2. The Hall–Kier alpha value is -2.92. The minimum absolute atomic E-state index is 0.0829. The molecule has 9 nitrogen and oxygen atoms in total. The van der Waals surface area contributed by atoms with Crippen molar-refractivity contribution < 1.29 is 14.6 Å². The third-order valence-electron chi connectivity index (χ3n) is 8.48. The molecule has 0 saturated carbocycles. The molecule has 1 N–H and O–H groups in total. The summed E-state index contributed by atoms with van der Waals surface area (Å²) in [6.07, 6.45) is 7.80.